The van der Waals surface area contributed by atoms with E-state index in [0.29, 0.717) is 6.42 Å². The molecule has 8 heteroatoms. The van der Waals surface area contributed by atoms with Crippen LogP contribution in [-0.2, 0) is 22.5 Å². The molecule has 0 spiro atoms. The summed E-state index contributed by atoms with van der Waals surface area (Å²) in [6, 6.07) is 13.8. The molecule has 190 valence electrons. The highest BCUT2D eigenvalue weighted by molar-refractivity contribution is 5.85. The molecule has 0 saturated carbocycles. The Hall–Kier alpha value is -2.97. The number of carbonyl (C=O) groups excluding carboxylic acids is 2. The van der Waals surface area contributed by atoms with Gasteiger partial charge in [-0.3, -0.25) is 10.1 Å². The number of hydrogen-bond donors (Lipinski definition) is 3. The topological polar surface area (TPSA) is 90.9 Å². The third-order valence-electron chi connectivity index (χ3n) is 5.89. The van der Waals surface area contributed by atoms with Crippen molar-refractivity contribution in [1.29, 1.82) is 0 Å². The van der Waals surface area contributed by atoms with Crippen molar-refractivity contribution in [2.75, 3.05) is 0 Å². The summed E-state index contributed by atoms with van der Waals surface area (Å²) in [5, 5.41) is 17.4. The monoisotopic (exact) mass is 485 g/mol. The molecule has 3 N–H and O–H groups in total. The fourth-order valence-corrected chi connectivity index (χ4v) is 4.24. The number of ether oxygens (including phenoxy) is 1. The largest absolute Gasteiger partial charge is 0.444 e. The van der Waals surface area contributed by atoms with Crippen LogP contribution >= 0.6 is 0 Å². The SMILES string of the molecule is CC(C)C1N[C@@H]([C@@H](O)[C@H](Cc2ccccc2)NC(=O)OC(C)(C)C)C(=O)N1Cc1ccc(F)cc1. The summed E-state index contributed by atoms with van der Waals surface area (Å²) in [4.78, 5) is 27.7. The zero-order chi connectivity index (χ0) is 25.8. The molecule has 0 bridgehead atoms. The Morgan fingerprint density at radius 1 is 1.11 bits per heavy atom. The Labute approximate surface area is 206 Å². The zero-order valence-corrected chi connectivity index (χ0v) is 21.0. The number of benzene rings is 2. The first-order valence-electron chi connectivity index (χ1n) is 12.0. The fraction of sp³-hybridized carbons (Fsp3) is 0.481. The lowest BCUT2D eigenvalue weighted by atomic mass is 9.96. The molecule has 1 heterocycles. The van der Waals surface area contributed by atoms with Gasteiger partial charge in [0.15, 0.2) is 0 Å². The second kappa shape index (κ2) is 11.2. The minimum absolute atomic E-state index is 0.0583. The summed E-state index contributed by atoms with van der Waals surface area (Å²) < 4.78 is 18.8. The highest BCUT2D eigenvalue weighted by atomic mass is 19.1. The first-order chi connectivity index (χ1) is 16.4. The predicted molar refractivity (Wildman–Crippen MR) is 132 cm³/mol. The molecule has 2 aromatic rings. The van der Waals surface area contributed by atoms with E-state index in [0.717, 1.165) is 11.1 Å². The third-order valence-corrected chi connectivity index (χ3v) is 5.89. The minimum atomic E-state index is -1.21. The highest BCUT2D eigenvalue weighted by Crippen LogP contribution is 2.24. The van der Waals surface area contributed by atoms with E-state index in [1.807, 2.05) is 44.2 Å². The van der Waals surface area contributed by atoms with Crippen molar-refractivity contribution in [3.05, 3.63) is 71.5 Å². The molecule has 1 aliphatic heterocycles. The summed E-state index contributed by atoms with van der Waals surface area (Å²) in [6.45, 7) is 9.53. The van der Waals surface area contributed by atoms with Crippen LogP contribution in [0.25, 0.3) is 0 Å². The van der Waals surface area contributed by atoms with Gasteiger partial charge in [0.05, 0.1) is 18.3 Å². The van der Waals surface area contributed by atoms with Crippen molar-refractivity contribution in [1.82, 2.24) is 15.5 Å². The van der Waals surface area contributed by atoms with Crippen LogP contribution in [0.5, 0.6) is 0 Å². The molecule has 0 radical (unpaired) electrons. The second-order valence-corrected chi connectivity index (χ2v) is 10.4. The molecule has 4 atom stereocenters. The number of carbonyl (C=O) groups is 2. The zero-order valence-electron chi connectivity index (χ0n) is 21.0. The van der Waals surface area contributed by atoms with Crippen molar-refractivity contribution in [3.8, 4) is 0 Å². The maximum atomic E-state index is 13.5. The molecule has 1 fully saturated rings. The first kappa shape index (κ1) is 26.6. The van der Waals surface area contributed by atoms with Gasteiger partial charge < -0.3 is 20.1 Å². The average Bonchev–Trinajstić information content (AvgIpc) is 3.10. The Kier molecular flexibility index (Phi) is 8.51. The second-order valence-electron chi connectivity index (χ2n) is 10.4. The van der Waals surface area contributed by atoms with Crippen LogP contribution in [0.2, 0.25) is 0 Å². The van der Waals surface area contributed by atoms with E-state index in [1.54, 1.807) is 37.8 Å². The number of amides is 2. The van der Waals surface area contributed by atoms with Crippen molar-refractivity contribution in [2.45, 2.75) is 77.5 Å². The normalized spacial score (nSPS) is 20.1. The molecule has 2 aromatic carbocycles. The summed E-state index contributed by atoms with van der Waals surface area (Å²) in [7, 11) is 0. The Balaban J connectivity index is 1.82. The lowest BCUT2D eigenvalue weighted by molar-refractivity contribution is -0.133. The van der Waals surface area contributed by atoms with Crippen LogP contribution < -0.4 is 10.6 Å². The van der Waals surface area contributed by atoms with Gasteiger partial charge in [0, 0.05) is 6.54 Å². The lowest BCUT2D eigenvalue weighted by Crippen LogP contribution is -2.55. The number of rotatable bonds is 8. The molecule has 1 saturated heterocycles. The number of nitrogens with one attached hydrogen (secondary N) is 2. The molecule has 0 aliphatic carbocycles. The number of nitrogens with zero attached hydrogens (tertiary/aromatic N) is 1. The maximum absolute atomic E-state index is 13.5. The van der Waals surface area contributed by atoms with Gasteiger partial charge in [0.25, 0.3) is 0 Å². The van der Waals surface area contributed by atoms with Crippen LogP contribution in [0.4, 0.5) is 9.18 Å². The highest BCUT2D eigenvalue weighted by Gasteiger charge is 2.46. The Morgan fingerprint density at radius 3 is 2.31 bits per heavy atom. The van der Waals surface area contributed by atoms with Crippen LogP contribution in [-0.4, -0.2) is 52.0 Å². The summed E-state index contributed by atoms with van der Waals surface area (Å²) >= 11 is 0. The predicted octanol–water partition coefficient (Wildman–Crippen LogP) is 3.61. The number of aliphatic hydroxyl groups is 1. The fourth-order valence-electron chi connectivity index (χ4n) is 4.24. The summed E-state index contributed by atoms with van der Waals surface area (Å²) in [5.41, 5.74) is 0.985. The van der Waals surface area contributed by atoms with Gasteiger partial charge >= 0.3 is 6.09 Å². The molecule has 2 amide bonds. The number of halogens is 1. The number of alkyl carbamates (subject to hydrolysis) is 1. The van der Waals surface area contributed by atoms with Crippen LogP contribution in [0.1, 0.15) is 45.7 Å². The van der Waals surface area contributed by atoms with E-state index in [9.17, 15) is 19.1 Å². The quantitative estimate of drug-likeness (QED) is 0.532. The average molecular weight is 486 g/mol. The summed E-state index contributed by atoms with van der Waals surface area (Å²) in [5.74, 6) is -0.558. The van der Waals surface area contributed by atoms with Gasteiger partial charge in [0.1, 0.15) is 17.5 Å². The number of aliphatic hydroxyl groups excluding tert-OH is 1. The van der Waals surface area contributed by atoms with Gasteiger partial charge in [0.2, 0.25) is 5.91 Å². The first-order valence-corrected chi connectivity index (χ1v) is 12.0. The lowest BCUT2D eigenvalue weighted by Gasteiger charge is -2.29. The minimum Gasteiger partial charge on any atom is -0.444 e. The molecular weight excluding hydrogens is 449 g/mol. The van der Waals surface area contributed by atoms with Crippen molar-refractivity contribution in [2.24, 2.45) is 5.92 Å². The molecular formula is C27H36FN3O4. The molecule has 1 unspecified atom stereocenters. The van der Waals surface area contributed by atoms with Crippen molar-refractivity contribution in [3.63, 3.8) is 0 Å². The van der Waals surface area contributed by atoms with Gasteiger partial charge in [-0.05, 0) is 56.4 Å². The maximum Gasteiger partial charge on any atom is 0.407 e. The molecule has 7 nitrogen and oxygen atoms in total. The van der Waals surface area contributed by atoms with Crippen molar-refractivity contribution >= 4 is 12.0 Å². The van der Waals surface area contributed by atoms with Gasteiger partial charge in [-0.25, -0.2) is 9.18 Å². The smallest absolute Gasteiger partial charge is 0.407 e. The van der Waals surface area contributed by atoms with E-state index >= 15 is 0 Å². The van der Waals surface area contributed by atoms with Crippen LogP contribution in [0.3, 0.4) is 0 Å². The van der Waals surface area contributed by atoms with Crippen molar-refractivity contribution < 1.29 is 23.8 Å². The van der Waals surface area contributed by atoms with Gasteiger partial charge in [-0.15, -0.1) is 0 Å². The third kappa shape index (κ3) is 7.26. The number of hydrogen-bond acceptors (Lipinski definition) is 5. The van der Waals surface area contributed by atoms with Gasteiger partial charge in [-0.1, -0.05) is 56.3 Å². The van der Waals surface area contributed by atoms with E-state index in [4.69, 9.17) is 4.74 Å². The Morgan fingerprint density at radius 2 is 1.74 bits per heavy atom. The summed E-state index contributed by atoms with van der Waals surface area (Å²) in [6.07, 6.45) is -1.89. The van der Waals surface area contributed by atoms with E-state index in [2.05, 4.69) is 10.6 Å². The van der Waals surface area contributed by atoms with Crippen LogP contribution in [0.15, 0.2) is 54.6 Å². The van der Waals surface area contributed by atoms with E-state index in [1.165, 1.54) is 12.1 Å². The molecule has 35 heavy (non-hydrogen) atoms. The van der Waals surface area contributed by atoms with E-state index < -0.39 is 29.9 Å². The Bertz CT molecular complexity index is 992. The molecule has 0 aromatic heterocycles. The van der Waals surface area contributed by atoms with E-state index in [-0.39, 0.29) is 30.4 Å². The van der Waals surface area contributed by atoms with Crippen LogP contribution in [0, 0.1) is 11.7 Å². The molecule has 3 rings (SSSR count). The molecule has 1 aliphatic rings. The standard InChI is InChI=1S/C27H36FN3O4/c1-17(2)24-30-22(25(33)31(24)16-19-11-13-20(28)14-12-19)23(32)21(15-18-9-7-6-8-10-18)29-26(34)35-27(3,4)5/h6-14,17,21-24,30,32H,15-16H2,1-5H3,(H,29,34)/t21-,22-,23-,24?/m0/s1. The van der Waals surface area contributed by atoms with Gasteiger partial charge in [-0.2, -0.15) is 0 Å².